The molecule has 5 nitrogen and oxygen atoms in total. The summed E-state index contributed by atoms with van der Waals surface area (Å²) in [4.78, 5) is 33.0. The molecule has 8 heteroatoms. The van der Waals surface area contributed by atoms with Crippen molar-refractivity contribution in [3.63, 3.8) is 0 Å². The molecule has 4 aromatic rings. The van der Waals surface area contributed by atoms with Crippen molar-refractivity contribution < 1.29 is 9.18 Å². The van der Waals surface area contributed by atoms with Crippen LogP contribution in [0.5, 0.6) is 0 Å². The number of thiazole rings is 1. The molecule has 0 aliphatic rings. The van der Waals surface area contributed by atoms with E-state index >= 15 is 0 Å². The SMILES string of the molecule is O=C(N=c1sccn1Cc1ccccc1F)c1ccc(-c2cccs2)[nH]c1=O. The molecule has 1 N–H and O–H groups in total. The Hall–Kier alpha value is -3.10. The zero-order valence-corrected chi connectivity index (χ0v) is 16.1. The maximum absolute atomic E-state index is 13.9. The fourth-order valence-corrected chi connectivity index (χ4v) is 4.11. The Labute approximate surface area is 167 Å². The lowest BCUT2D eigenvalue weighted by Crippen LogP contribution is -2.21. The third-order valence-electron chi connectivity index (χ3n) is 4.08. The van der Waals surface area contributed by atoms with Gasteiger partial charge in [-0.15, -0.1) is 22.7 Å². The van der Waals surface area contributed by atoms with Gasteiger partial charge in [0.15, 0.2) is 4.80 Å². The molecule has 0 fully saturated rings. The zero-order valence-electron chi connectivity index (χ0n) is 14.5. The first-order valence-corrected chi connectivity index (χ1v) is 10.1. The molecule has 0 spiro atoms. The summed E-state index contributed by atoms with van der Waals surface area (Å²) in [6.45, 7) is 0.246. The van der Waals surface area contributed by atoms with Crippen LogP contribution in [0.4, 0.5) is 4.39 Å². The topological polar surface area (TPSA) is 67.2 Å². The number of carbonyl (C=O) groups excluding carboxylic acids is 1. The molecule has 28 heavy (non-hydrogen) atoms. The van der Waals surface area contributed by atoms with Crippen molar-refractivity contribution in [1.29, 1.82) is 0 Å². The Morgan fingerprint density at radius 2 is 1.93 bits per heavy atom. The van der Waals surface area contributed by atoms with Crippen molar-refractivity contribution >= 4 is 28.6 Å². The maximum atomic E-state index is 13.9. The fraction of sp³-hybridized carbons (Fsp3) is 0.0500. The highest BCUT2D eigenvalue weighted by Crippen LogP contribution is 2.21. The Morgan fingerprint density at radius 1 is 1.07 bits per heavy atom. The second-order valence-electron chi connectivity index (χ2n) is 5.91. The summed E-state index contributed by atoms with van der Waals surface area (Å²) in [5.41, 5.74) is 0.623. The number of amides is 1. The molecule has 0 bridgehead atoms. The first-order chi connectivity index (χ1) is 13.6. The molecule has 0 aliphatic heterocycles. The summed E-state index contributed by atoms with van der Waals surface area (Å²) in [5, 5.41) is 3.67. The molecular formula is C20H14FN3O2S2. The summed E-state index contributed by atoms with van der Waals surface area (Å²) in [6.07, 6.45) is 1.73. The highest BCUT2D eigenvalue weighted by molar-refractivity contribution is 7.13. The number of nitrogens with zero attached hydrogens (tertiary/aromatic N) is 2. The number of hydrogen-bond donors (Lipinski definition) is 1. The molecule has 3 aromatic heterocycles. The number of H-pyrrole nitrogens is 1. The van der Waals surface area contributed by atoms with Crippen LogP contribution in [0.1, 0.15) is 15.9 Å². The van der Waals surface area contributed by atoms with E-state index in [1.165, 1.54) is 34.8 Å². The van der Waals surface area contributed by atoms with E-state index < -0.39 is 11.5 Å². The van der Waals surface area contributed by atoms with Gasteiger partial charge in [-0.1, -0.05) is 24.3 Å². The number of hydrogen-bond acceptors (Lipinski definition) is 4. The lowest BCUT2D eigenvalue weighted by Gasteiger charge is -2.04. The molecule has 0 saturated carbocycles. The van der Waals surface area contributed by atoms with Gasteiger partial charge in [0, 0.05) is 17.1 Å². The van der Waals surface area contributed by atoms with E-state index in [1.54, 1.807) is 40.4 Å². The lowest BCUT2D eigenvalue weighted by atomic mass is 10.2. The van der Waals surface area contributed by atoms with E-state index in [0.29, 0.717) is 16.1 Å². The zero-order chi connectivity index (χ0) is 19.5. The predicted molar refractivity (Wildman–Crippen MR) is 108 cm³/mol. The van der Waals surface area contributed by atoms with Gasteiger partial charge >= 0.3 is 0 Å². The van der Waals surface area contributed by atoms with Crippen molar-refractivity contribution in [1.82, 2.24) is 9.55 Å². The molecule has 1 aromatic carbocycles. The standard InChI is InChI=1S/C20H14FN3O2S2/c21-15-5-2-1-4-13(15)12-24-9-11-28-20(24)23-19(26)14-7-8-16(22-18(14)25)17-6-3-10-27-17/h1-11H,12H2,(H,22,25). The lowest BCUT2D eigenvalue weighted by molar-refractivity contribution is 0.0996. The minimum absolute atomic E-state index is 0.0360. The van der Waals surface area contributed by atoms with Gasteiger partial charge < -0.3 is 9.55 Å². The number of aromatic nitrogens is 2. The van der Waals surface area contributed by atoms with Crippen LogP contribution in [-0.4, -0.2) is 15.5 Å². The summed E-state index contributed by atoms with van der Waals surface area (Å²) in [6, 6.07) is 13.4. The Morgan fingerprint density at radius 3 is 2.68 bits per heavy atom. The van der Waals surface area contributed by atoms with Crippen molar-refractivity contribution in [2.24, 2.45) is 4.99 Å². The van der Waals surface area contributed by atoms with Gasteiger partial charge in [0.05, 0.1) is 17.1 Å². The van der Waals surface area contributed by atoms with Gasteiger partial charge in [0.2, 0.25) is 0 Å². The molecule has 0 saturated heterocycles. The summed E-state index contributed by atoms with van der Waals surface area (Å²) >= 11 is 2.74. The minimum Gasteiger partial charge on any atom is -0.321 e. The highest BCUT2D eigenvalue weighted by Gasteiger charge is 2.12. The monoisotopic (exact) mass is 411 g/mol. The number of pyridine rings is 1. The fourth-order valence-electron chi connectivity index (χ4n) is 2.68. The normalized spacial score (nSPS) is 11.7. The first-order valence-electron chi connectivity index (χ1n) is 8.35. The number of nitrogens with one attached hydrogen (secondary N) is 1. The Balaban J connectivity index is 1.64. The van der Waals surface area contributed by atoms with Gasteiger partial charge in [0.25, 0.3) is 11.5 Å². The second kappa shape index (κ2) is 7.87. The second-order valence-corrected chi connectivity index (χ2v) is 7.73. The average Bonchev–Trinajstić information content (AvgIpc) is 3.36. The molecule has 0 unspecified atom stereocenters. The van der Waals surface area contributed by atoms with Crippen LogP contribution in [0.2, 0.25) is 0 Å². The van der Waals surface area contributed by atoms with Gasteiger partial charge in [-0.2, -0.15) is 4.99 Å². The van der Waals surface area contributed by atoms with E-state index in [4.69, 9.17) is 0 Å². The van der Waals surface area contributed by atoms with Crippen LogP contribution in [-0.2, 0) is 6.54 Å². The molecule has 3 heterocycles. The van der Waals surface area contributed by atoms with E-state index in [9.17, 15) is 14.0 Å². The van der Waals surface area contributed by atoms with Gasteiger partial charge in [-0.3, -0.25) is 9.59 Å². The summed E-state index contributed by atoms with van der Waals surface area (Å²) < 4.78 is 15.6. The van der Waals surface area contributed by atoms with Gasteiger partial charge in [-0.25, -0.2) is 4.39 Å². The minimum atomic E-state index is -0.635. The summed E-state index contributed by atoms with van der Waals surface area (Å²) in [7, 11) is 0. The number of rotatable bonds is 4. The van der Waals surface area contributed by atoms with Crippen molar-refractivity contribution in [2.75, 3.05) is 0 Å². The molecule has 4 rings (SSSR count). The number of halogens is 1. The van der Waals surface area contributed by atoms with Crippen LogP contribution < -0.4 is 10.4 Å². The maximum Gasteiger partial charge on any atom is 0.285 e. The van der Waals surface area contributed by atoms with E-state index in [-0.39, 0.29) is 17.9 Å². The van der Waals surface area contributed by atoms with Crippen LogP contribution >= 0.6 is 22.7 Å². The Bertz CT molecular complexity index is 1250. The van der Waals surface area contributed by atoms with Crippen molar-refractivity contribution in [3.8, 4) is 10.6 Å². The molecule has 0 atom stereocenters. The van der Waals surface area contributed by atoms with Crippen molar-refractivity contribution in [2.45, 2.75) is 6.54 Å². The predicted octanol–water partition coefficient (Wildman–Crippen LogP) is 3.89. The third kappa shape index (κ3) is 3.78. The van der Waals surface area contributed by atoms with Crippen LogP contribution in [0.15, 0.2) is 75.3 Å². The van der Waals surface area contributed by atoms with Crippen LogP contribution in [0.3, 0.4) is 0 Å². The van der Waals surface area contributed by atoms with Gasteiger partial charge in [-0.05, 0) is 29.6 Å². The summed E-state index contributed by atoms with van der Waals surface area (Å²) in [5.74, 6) is -0.956. The van der Waals surface area contributed by atoms with E-state index in [1.807, 2.05) is 17.5 Å². The molecular weight excluding hydrogens is 397 g/mol. The largest absolute Gasteiger partial charge is 0.321 e. The van der Waals surface area contributed by atoms with Gasteiger partial charge in [0.1, 0.15) is 11.4 Å². The molecule has 140 valence electrons. The number of carbonyl (C=O) groups is 1. The third-order valence-corrected chi connectivity index (χ3v) is 5.78. The number of aromatic amines is 1. The quantitative estimate of drug-likeness (QED) is 0.554. The molecule has 0 aliphatic carbocycles. The number of thiophene rings is 1. The Kier molecular flexibility index (Phi) is 5.14. The molecule has 0 radical (unpaired) electrons. The smallest absolute Gasteiger partial charge is 0.285 e. The number of benzene rings is 1. The molecule has 1 amide bonds. The van der Waals surface area contributed by atoms with Crippen molar-refractivity contribution in [3.05, 3.63) is 97.6 Å². The van der Waals surface area contributed by atoms with Crippen LogP contribution in [0, 0.1) is 5.82 Å². The first kappa shape index (κ1) is 18.3. The van der Waals surface area contributed by atoms with E-state index in [2.05, 4.69) is 9.98 Å². The van der Waals surface area contributed by atoms with Crippen LogP contribution in [0.25, 0.3) is 10.6 Å². The van der Waals surface area contributed by atoms with E-state index in [0.717, 1.165) is 4.88 Å². The highest BCUT2D eigenvalue weighted by atomic mass is 32.1. The average molecular weight is 411 g/mol.